The third kappa shape index (κ3) is 4.40. The summed E-state index contributed by atoms with van der Waals surface area (Å²) in [4.78, 5) is 16.3. The van der Waals surface area contributed by atoms with Gasteiger partial charge in [0.15, 0.2) is 5.69 Å². The standard InChI is InChI=1S/C20H22N2O4S2/c1-3-11-22(13-19-21-18(14-27-19)20(23)26-4-2)28(24,25)17-10-9-15-7-5-6-8-16(15)12-17/h5-10,12,14H,3-4,11,13H2,1-2H3. The highest BCUT2D eigenvalue weighted by atomic mass is 32.2. The Morgan fingerprint density at radius 2 is 1.89 bits per heavy atom. The van der Waals surface area contributed by atoms with Crippen LogP contribution in [-0.2, 0) is 21.3 Å². The quantitative estimate of drug-likeness (QED) is 0.515. The molecule has 0 unspecified atom stereocenters. The maximum atomic E-state index is 13.2. The molecule has 0 aliphatic heterocycles. The van der Waals surface area contributed by atoms with E-state index >= 15 is 0 Å². The molecule has 3 rings (SSSR count). The zero-order chi connectivity index (χ0) is 20.1. The summed E-state index contributed by atoms with van der Waals surface area (Å²) in [6.45, 7) is 4.40. The third-order valence-corrected chi connectivity index (χ3v) is 6.85. The van der Waals surface area contributed by atoms with Crippen LogP contribution in [0.4, 0.5) is 0 Å². The van der Waals surface area contributed by atoms with Crippen LogP contribution in [0.1, 0.15) is 35.8 Å². The maximum Gasteiger partial charge on any atom is 0.357 e. The number of sulfonamides is 1. The monoisotopic (exact) mass is 418 g/mol. The number of ether oxygens (including phenoxy) is 1. The minimum Gasteiger partial charge on any atom is -0.461 e. The number of esters is 1. The Morgan fingerprint density at radius 1 is 1.14 bits per heavy atom. The number of rotatable bonds is 8. The van der Waals surface area contributed by atoms with Gasteiger partial charge in [-0.1, -0.05) is 37.3 Å². The Hall–Kier alpha value is -2.29. The van der Waals surface area contributed by atoms with Gasteiger partial charge in [-0.3, -0.25) is 0 Å². The second kappa shape index (κ2) is 8.81. The molecule has 6 nitrogen and oxygen atoms in total. The van der Waals surface area contributed by atoms with Gasteiger partial charge >= 0.3 is 5.97 Å². The van der Waals surface area contributed by atoms with E-state index in [1.54, 1.807) is 24.4 Å². The van der Waals surface area contributed by atoms with Gasteiger partial charge in [-0.25, -0.2) is 18.2 Å². The lowest BCUT2D eigenvalue weighted by Crippen LogP contribution is -2.31. The Labute approximate surface area is 168 Å². The average molecular weight is 419 g/mol. The number of fused-ring (bicyclic) bond motifs is 1. The van der Waals surface area contributed by atoms with Crippen LogP contribution in [0.2, 0.25) is 0 Å². The summed E-state index contributed by atoms with van der Waals surface area (Å²) in [5, 5.41) is 4.02. The van der Waals surface area contributed by atoms with Gasteiger partial charge in [-0.2, -0.15) is 4.31 Å². The summed E-state index contributed by atoms with van der Waals surface area (Å²) in [5.41, 5.74) is 0.210. The van der Waals surface area contributed by atoms with Crippen LogP contribution in [0.15, 0.2) is 52.7 Å². The van der Waals surface area contributed by atoms with Crippen molar-refractivity contribution < 1.29 is 17.9 Å². The van der Waals surface area contributed by atoms with Crippen LogP contribution >= 0.6 is 11.3 Å². The second-order valence-electron chi connectivity index (χ2n) is 6.19. The number of hydrogen-bond donors (Lipinski definition) is 0. The Bertz CT molecular complexity index is 1080. The van der Waals surface area contributed by atoms with E-state index in [1.807, 2.05) is 37.3 Å². The molecule has 0 radical (unpaired) electrons. The van der Waals surface area contributed by atoms with Crippen LogP contribution in [0.3, 0.4) is 0 Å². The van der Waals surface area contributed by atoms with Crippen LogP contribution < -0.4 is 0 Å². The smallest absolute Gasteiger partial charge is 0.357 e. The predicted molar refractivity (Wildman–Crippen MR) is 110 cm³/mol. The van der Waals surface area contributed by atoms with Crippen molar-refractivity contribution in [2.24, 2.45) is 0 Å². The molecule has 0 aliphatic carbocycles. The molecule has 0 fully saturated rings. The molecule has 0 saturated carbocycles. The van der Waals surface area contributed by atoms with Gasteiger partial charge < -0.3 is 4.74 Å². The zero-order valence-corrected chi connectivity index (χ0v) is 17.4. The molecule has 8 heteroatoms. The van der Waals surface area contributed by atoms with E-state index in [1.165, 1.54) is 15.6 Å². The van der Waals surface area contributed by atoms with Gasteiger partial charge in [-0.15, -0.1) is 11.3 Å². The number of benzene rings is 2. The SMILES string of the molecule is CCCN(Cc1nc(C(=O)OCC)cs1)S(=O)(=O)c1ccc2ccccc2c1. The fraction of sp³-hybridized carbons (Fsp3) is 0.300. The molecule has 0 bridgehead atoms. The first-order valence-corrected chi connectivity index (χ1v) is 11.4. The van der Waals surface area contributed by atoms with Crippen molar-refractivity contribution in [3.05, 3.63) is 58.5 Å². The first-order valence-electron chi connectivity index (χ1n) is 9.06. The highest BCUT2D eigenvalue weighted by Gasteiger charge is 2.25. The summed E-state index contributed by atoms with van der Waals surface area (Å²) in [6.07, 6.45) is 0.670. The van der Waals surface area contributed by atoms with E-state index in [9.17, 15) is 13.2 Å². The minimum absolute atomic E-state index is 0.118. The Kier molecular flexibility index (Phi) is 6.43. The first-order chi connectivity index (χ1) is 13.5. The average Bonchev–Trinajstić information content (AvgIpc) is 3.16. The number of aromatic nitrogens is 1. The van der Waals surface area contributed by atoms with Crippen LogP contribution in [0.25, 0.3) is 10.8 Å². The number of carbonyl (C=O) groups excluding carboxylic acids is 1. The third-order valence-electron chi connectivity index (χ3n) is 4.18. The molecular weight excluding hydrogens is 396 g/mol. The van der Waals surface area contributed by atoms with Gasteiger partial charge in [-0.05, 0) is 36.2 Å². The highest BCUT2D eigenvalue weighted by molar-refractivity contribution is 7.89. The molecule has 0 spiro atoms. The first kappa shape index (κ1) is 20.4. The van der Waals surface area contributed by atoms with E-state index in [4.69, 9.17) is 4.74 Å². The molecule has 0 N–H and O–H groups in total. The number of hydrogen-bond acceptors (Lipinski definition) is 6. The van der Waals surface area contributed by atoms with Gasteiger partial charge in [0.1, 0.15) is 5.01 Å². The van der Waals surface area contributed by atoms with Gasteiger partial charge in [0, 0.05) is 11.9 Å². The van der Waals surface area contributed by atoms with E-state index < -0.39 is 16.0 Å². The van der Waals surface area contributed by atoms with E-state index in [0.29, 0.717) is 18.0 Å². The topological polar surface area (TPSA) is 76.6 Å². The fourth-order valence-electron chi connectivity index (χ4n) is 2.84. The van der Waals surface area contributed by atoms with Crippen molar-refractivity contribution >= 4 is 38.1 Å². The number of thiazole rings is 1. The lowest BCUT2D eigenvalue weighted by atomic mass is 10.1. The molecule has 1 heterocycles. The molecule has 2 aromatic carbocycles. The Balaban J connectivity index is 1.88. The molecule has 28 heavy (non-hydrogen) atoms. The predicted octanol–water partition coefficient (Wildman–Crippen LogP) is 4.07. The summed E-state index contributed by atoms with van der Waals surface area (Å²) < 4.78 is 32.8. The van der Waals surface area contributed by atoms with Gasteiger partial charge in [0.05, 0.1) is 18.0 Å². The summed E-state index contributed by atoms with van der Waals surface area (Å²) in [6, 6.07) is 12.8. The van der Waals surface area contributed by atoms with Gasteiger partial charge in [0.25, 0.3) is 0 Å². The van der Waals surface area contributed by atoms with E-state index in [-0.39, 0.29) is 23.7 Å². The zero-order valence-electron chi connectivity index (χ0n) is 15.8. The fourth-order valence-corrected chi connectivity index (χ4v) is 5.23. The molecule has 3 aromatic rings. The van der Waals surface area contributed by atoms with Crippen LogP contribution in [0.5, 0.6) is 0 Å². The molecule has 148 valence electrons. The molecule has 0 amide bonds. The number of carbonyl (C=O) groups is 1. The lowest BCUT2D eigenvalue weighted by Gasteiger charge is -2.21. The summed E-state index contributed by atoms with van der Waals surface area (Å²) in [5.74, 6) is -0.496. The van der Waals surface area contributed by atoms with Crippen LogP contribution in [0, 0.1) is 0 Å². The minimum atomic E-state index is -3.69. The lowest BCUT2D eigenvalue weighted by molar-refractivity contribution is 0.0520. The Morgan fingerprint density at radius 3 is 2.61 bits per heavy atom. The highest BCUT2D eigenvalue weighted by Crippen LogP contribution is 2.24. The van der Waals surface area contributed by atoms with E-state index in [2.05, 4.69) is 4.98 Å². The molecule has 0 aliphatic rings. The normalized spacial score (nSPS) is 11.8. The summed E-state index contributed by atoms with van der Waals surface area (Å²) in [7, 11) is -3.69. The maximum absolute atomic E-state index is 13.2. The molecular formula is C20H22N2O4S2. The van der Waals surface area contributed by atoms with Crippen molar-refractivity contribution in [1.82, 2.24) is 9.29 Å². The van der Waals surface area contributed by atoms with E-state index in [0.717, 1.165) is 10.8 Å². The van der Waals surface area contributed by atoms with Crippen molar-refractivity contribution in [3.63, 3.8) is 0 Å². The van der Waals surface area contributed by atoms with Gasteiger partial charge in [0.2, 0.25) is 10.0 Å². The van der Waals surface area contributed by atoms with Crippen molar-refractivity contribution in [1.29, 1.82) is 0 Å². The summed E-state index contributed by atoms with van der Waals surface area (Å²) >= 11 is 1.25. The van der Waals surface area contributed by atoms with Crippen LogP contribution in [-0.4, -0.2) is 36.8 Å². The van der Waals surface area contributed by atoms with Crippen molar-refractivity contribution in [2.45, 2.75) is 31.7 Å². The molecule has 1 aromatic heterocycles. The van der Waals surface area contributed by atoms with Crippen molar-refractivity contribution in [3.8, 4) is 0 Å². The largest absolute Gasteiger partial charge is 0.461 e. The second-order valence-corrected chi connectivity index (χ2v) is 9.08. The number of nitrogens with zero attached hydrogens (tertiary/aromatic N) is 2. The van der Waals surface area contributed by atoms with Crippen molar-refractivity contribution in [2.75, 3.05) is 13.2 Å². The molecule has 0 saturated heterocycles. The molecule has 0 atom stereocenters.